The molecule has 0 atom stereocenters. The number of hydrogen-bond donors (Lipinski definition) is 1. The van der Waals surface area contributed by atoms with Crippen molar-refractivity contribution in [3.8, 4) is 0 Å². The van der Waals surface area contributed by atoms with Gasteiger partial charge in [-0.3, -0.25) is 4.99 Å². The summed E-state index contributed by atoms with van der Waals surface area (Å²) in [5.74, 6) is 0. The summed E-state index contributed by atoms with van der Waals surface area (Å²) in [6.45, 7) is 2.01. The van der Waals surface area contributed by atoms with E-state index in [4.69, 9.17) is 28.8 Å². The van der Waals surface area contributed by atoms with Gasteiger partial charge in [0.25, 0.3) is 0 Å². The molecule has 0 fully saturated rings. The number of amides is 1. The first-order valence-electron chi connectivity index (χ1n) is 10.8. The predicted molar refractivity (Wildman–Crippen MR) is 139 cm³/mol. The van der Waals surface area contributed by atoms with Crippen molar-refractivity contribution >= 4 is 57.0 Å². The molecule has 5 nitrogen and oxygen atoms in total. The predicted octanol–water partition coefficient (Wildman–Crippen LogP) is 5.67. The van der Waals surface area contributed by atoms with E-state index in [1.165, 1.54) is 16.0 Å². The summed E-state index contributed by atoms with van der Waals surface area (Å²) in [5, 5.41) is 11.2. The number of benzene rings is 2. The summed E-state index contributed by atoms with van der Waals surface area (Å²) in [4.78, 5) is 22.1. The van der Waals surface area contributed by atoms with Crippen LogP contribution in [0.3, 0.4) is 0 Å². The Morgan fingerprint density at radius 2 is 1.91 bits per heavy atom. The van der Waals surface area contributed by atoms with Crippen LogP contribution in [0.2, 0.25) is 5.02 Å². The summed E-state index contributed by atoms with van der Waals surface area (Å²) in [6.07, 6.45) is 0.614. The van der Waals surface area contributed by atoms with E-state index in [1.807, 2.05) is 42.5 Å². The van der Waals surface area contributed by atoms with Crippen molar-refractivity contribution in [1.29, 1.82) is 0 Å². The van der Waals surface area contributed by atoms with Gasteiger partial charge in [0.05, 0.1) is 18.8 Å². The fraction of sp³-hybridized carbons (Fsp3) is 0.240. The zero-order chi connectivity index (χ0) is 22.9. The molecule has 0 bridgehead atoms. The molecule has 0 unspecified atom stereocenters. The Balaban J connectivity index is 1.61. The minimum atomic E-state index is -0.888. The van der Waals surface area contributed by atoms with Gasteiger partial charge in [-0.2, -0.15) is 0 Å². The van der Waals surface area contributed by atoms with Gasteiger partial charge in [-0.05, 0) is 30.0 Å². The lowest BCUT2D eigenvalue weighted by molar-refractivity contribution is 0.140. The summed E-state index contributed by atoms with van der Waals surface area (Å²) in [5.41, 5.74) is 5.20. The van der Waals surface area contributed by atoms with E-state index in [0.717, 1.165) is 44.7 Å². The van der Waals surface area contributed by atoms with Gasteiger partial charge in [0.1, 0.15) is 9.99 Å². The topological polar surface area (TPSA) is 56.1 Å². The molecular formula is C25H22ClN3O2S2. The largest absolute Gasteiger partial charge is 0.465 e. The van der Waals surface area contributed by atoms with Gasteiger partial charge in [-0.25, -0.2) is 4.79 Å². The van der Waals surface area contributed by atoms with Crippen molar-refractivity contribution in [2.75, 3.05) is 24.5 Å². The molecule has 1 aromatic heterocycles. The third-order valence-electron chi connectivity index (χ3n) is 6.06. The van der Waals surface area contributed by atoms with Gasteiger partial charge < -0.3 is 14.9 Å². The molecule has 0 spiro atoms. The number of aliphatic imine (C=N–C) groups is 1. The second-order valence-corrected chi connectivity index (χ2v) is 10.0. The molecule has 3 heterocycles. The second kappa shape index (κ2) is 9.25. The number of carboxylic acid groups (broad SMARTS) is 1. The third kappa shape index (κ3) is 4.28. The molecular weight excluding hydrogens is 474 g/mol. The molecule has 2 aliphatic rings. The standard InChI is InChI=1S/C25H22ClN3O2S2/c26-19-9-5-4-8-17(19)23-22-18-11-12-28(25(30)31)15-20(18)33-24(22)29(21(32)14-27-23)13-10-16-6-2-1-3-7-16/h1-9H,10-15H2,(H,30,31). The summed E-state index contributed by atoms with van der Waals surface area (Å²) in [7, 11) is 0. The molecule has 0 aliphatic carbocycles. The van der Waals surface area contributed by atoms with Crippen LogP contribution in [-0.4, -0.2) is 46.4 Å². The Kier molecular flexibility index (Phi) is 6.19. The van der Waals surface area contributed by atoms with E-state index in [0.29, 0.717) is 31.1 Å². The van der Waals surface area contributed by atoms with Crippen LogP contribution in [0.4, 0.5) is 9.80 Å². The van der Waals surface area contributed by atoms with Crippen molar-refractivity contribution < 1.29 is 9.90 Å². The van der Waals surface area contributed by atoms with Crippen molar-refractivity contribution in [2.24, 2.45) is 4.99 Å². The zero-order valence-corrected chi connectivity index (χ0v) is 20.2. The third-order valence-corrected chi connectivity index (χ3v) is 7.98. The normalized spacial score (nSPS) is 15.5. The van der Waals surface area contributed by atoms with E-state index >= 15 is 0 Å². The zero-order valence-electron chi connectivity index (χ0n) is 17.8. The molecule has 3 aromatic rings. The number of hydrogen-bond acceptors (Lipinski definition) is 4. The van der Waals surface area contributed by atoms with E-state index in [-0.39, 0.29) is 0 Å². The second-order valence-electron chi connectivity index (χ2n) is 8.06. The monoisotopic (exact) mass is 495 g/mol. The number of thiophene rings is 1. The van der Waals surface area contributed by atoms with Crippen molar-refractivity contribution in [3.05, 3.63) is 86.8 Å². The van der Waals surface area contributed by atoms with Gasteiger partial charge in [0, 0.05) is 34.1 Å². The summed E-state index contributed by atoms with van der Waals surface area (Å²) >= 11 is 14.1. The number of rotatable bonds is 4. The Hall–Kier alpha value is -2.74. The maximum Gasteiger partial charge on any atom is 0.407 e. The number of halogens is 1. The Morgan fingerprint density at radius 3 is 2.67 bits per heavy atom. The van der Waals surface area contributed by atoms with Gasteiger partial charge in [0.2, 0.25) is 0 Å². The molecule has 2 aromatic carbocycles. The van der Waals surface area contributed by atoms with Crippen LogP contribution < -0.4 is 4.90 Å². The van der Waals surface area contributed by atoms with Gasteiger partial charge >= 0.3 is 6.09 Å². The van der Waals surface area contributed by atoms with Crippen molar-refractivity contribution in [3.63, 3.8) is 0 Å². The molecule has 1 N–H and O–H groups in total. The quantitative estimate of drug-likeness (QED) is 0.474. The average molecular weight is 496 g/mol. The lowest BCUT2D eigenvalue weighted by atomic mass is 9.95. The maximum atomic E-state index is 11.6. The van der Waals surface area contributed by atoms with Crippen molar-refractivity contribution in [1.82, 2.24) is 4.90 Å². The maximum absolute atomic E-state index is 11.6. The molecule has 5 rings (SSSR count). The number of fused-ring (bicyclic) bond motifs is 3. The molecule has 0 saturated heterocycles. The highest BCUT2D eigenvalue weighted by Crippen LogP contribution is 2.43. The highest BCUT2D eigenvalue weighted by Gasteiger charge is 2.33. The van der Waals surface area contributed by atoms with Crippen LogP contribution in [-0.2, 0) is 19.4 Å². The van der Waals surface area contributed by atoms with E-state index < -0.39 is 6.09 Å². The molecule has 33 heavy (non-hydrogen) atoms. The molecule has 2 aliphatic heterocycles. The van der Waals surface area contributed by atoms with E-state index in [1.54, 1.807) is 11.3 Å². The van der Waals surface area contributed by atoms with Gasteiger partial charge in [0.15, 0.2) is 0 Å². The molecule has 0 saturated carbocycles. The van der Waals surface area contributed by atoms with Crippen LogP contribution in [0.25, 0.3) is 0 Å². The van der Waals surface area contributed by atoms with E-state index in [2.05, 4.69) is 17.0 Å². The van der Waals surface area contributed by atoms with Crippen LogP contribution >= 0.6 is 35.2 Å². The summed E-state index contributed by atoms with van der Waals surface area (Å²) in [6, 6.07) is 18.1. The first kappa shape index (κ1) is 22.1. The minimum absolute atomic E-state index is 0.386. The highest BCUT2D eigenvalue weighted by atomic mass is 35.5. The SMILES string of the molecule is O=C(O)N1CCc2c(sc3c2C(c2ccccc2Cl)=NCC(=S)N3CCc2ccccc2)C1. The van der Waals surface area contributed by atoms with Crippen molar-refractivity contribution in [2.45, 2.75) is 19.4 Å². The number of anilines is 1. The summed E-state index contributed by atoms with van der Waals surface area (Å²) < 4.78 is 0. The lowest BCUT2D eigenvalue weighted by Gasteiger charge is -2.25. The first-order valence-corrected chi connectivity index (χ1v) is 12.4. The number of carbonyl (C=O) groups is 1. The van der Waals surface area contributed by atoms with Crippen LogP contribution in [0.1, 0.15) is 27.1 Å². The van der Waals surface area contributed by atoms with E-state index in [9.17, 15) is 9.90 Å². The van der Waals surface area contributed by atoms with Gasteiger partial charge in [-0.15, -0.1) is 11.3 Å². The van der Waals surface area contributed by atoms with Crippen LogP contribution in [0.15, 0.2) is 59.6 Å². The first-order chi connectivity index (χ1) is 16.0. The minimum Gasteiger partial charge on any atom is -0.465 e. The molecule has 0 radical (unpaired) electrons. The molecule has 8 heteroatoms. The fourth-order valence-corrected chi connectivity index (χ4v) is 6.34. The molecule has 1 amide bonds. The number of thiocarbonyl (C=S) groups is 1. The fourth-order valence-electron chi connectivity index (χ4n) is 4.40. The van der Waals surface area contributed by atoms with Crippen LogP contribution in [0, 0.1) is 0 Å². The van der Waals surface area contributed by atoms with Gasteiger partial charge in [-0.1, -0.05) is 72.3 Å². The molecule has 168 valence electrons. The smallest absolute Gasteiger partial charge is 0.407 e. The lowest BCUT2D eigenvalue weighted by Crippen LogP contribution is -2.34. The Morgan fingerprint density at radius 1 is 1.15 bits per heavy atom. The highest BCUT2D eigenvalue weighted by molar-refractivity contribution is 7.80. The Bertz CT molecular complexity index is 1260. The van der Waals surface area contributed by atoms with Crippen LogP contribution in [0.5, 0.6) is 0 Å². The Labute approximate surface area is 206 Å². The number of nitrogens with zero attached hydrogens (tertiary/aromatic N) is 3. The average Bonchev–Trinajstić information content (AvgIpc) is 3.13.